The fourth-order valence-corrected chi connectivity index (χ4v) is 4.06. The van der Waals surface area contributed by atoms with Crippen molar-refractivity contribution in [3.05, 3.63) is 48.0 Å². The van der Waals surface area contributed by atoms with Crippen molar-refractivity contribution in [1.29, 1.82) is 0 Å². The summed E-state index contributed by atoms with van der Waals surface area (Å²) in [4.78, 5) is 2.41. The molecule has 0 unspecified atom stereocenters. The van der Waals surface area contributed by atoms with Crippen molar-refractivity contribution in [2.75, 3.05) is 25.4 Å². The summed E-state index contributed by atoms with van der Waals surface area (Å²) in [7, 11) is -3.33. The molecule has 23 heavy (non-hydrogen) atoms. The largest absolute Gasteiger partial charge is 0.299 e. The van der Waals surface area contributed by atoms with E-state index in [1.165, 1.54) is 24.3 Å². The molecule has 0 radical (unpaired) electrons. The predicted octanol–water partition coefficient (Wildman–Crippen LogP) is 2.05. The number of hydrogen-bond acceptors (Lipinski definition) is 4. The van der Waals surface area contributed by atoms with Crippen LogP contribution < -0.4 is 0 Å². The Morgan fingerprint density at radius 3 is 2.57 bits per heavy atom. The number of rotatable bonds is 6. The molecule has 1 aliphatic rings. The van der Waals surface area contributed by atoms with Crippen LogP contribution in [0.3, 0.4) is 0 Å². The minimum atomic E-state index is -3.33. The van der Waals surface area contributed by atoms with Crippen molar-refractivity contribution in [1.82, 2.24) is 14.7 Å². The van der Waals surface area contributed by atoms with Crippen molar-refractivity contribution < 1.29 is 12.8 Å². The molecule has 124 valence electrons. The van der Waals surface area contributed by atoms with Gasteiger partial charge in [0.1, 0.15) is 5.82 Å². The maximum atomic E-state index is 12.9. The van der Waals surface area contributed by atoms with Gasteiger partial charge in [0.05, 0.1) is 22.9 Å². The number of halogens is 1. The van der Waals surface area contributed by atoms with Crippen LogP contribution in [0.1, 0.15) is 18.0 Å². The molecule has 0 spiro atoms. The topological polar surface area (TPSA) is 55.2 Å². The van der Waals surface area contributed by atoms with Crippen LogP contribution in [0.2, 0.25) is 0 Å². The molecule has 0 aliphatic carbocycles. The van der Waals surface area contributed by atoms with E-state index in [1.807, 2.05) is 24.0 Å². The van der Waals surface area contributed by atoms with Crippen LogP contribution in [0.15, 0.2) is 41.6 Å². The molecular weight excluding hydrogens is 317 g/mol. The SMILES string of the molecule is Cc1cnn(C2CN(CCCS(=O)(=O)c3ccc(F)cc3)C2)c1. The number of aromatic nitrogens is 2. The second kappa shape index (κ2) is 6.41. The van der Waals surface area contributed by atoms with Crippen LogP contribution in [-0.2, 0) is 9.84 Å². The van der Waals surface area contributed by atoms with Gasteiger partial charge >= 0.3 is 0 Å². The van der Waals surface area contributed by atoms with E-state index in [9.17, 15) is 12.8 Å². The highest BCUT2D eigenvalue weighted by molar-refractivity contribution is 7.91. The van der Waals surface area contributed by atoms with Crippen molar-refractivity contribution in [2.24, 2.45) is 0 Å². The van der Waals surface area contributed by atoms with Crippen LogP contribution in [-0.4, -0.2) is 48.5 Å². The number of nitrogens with zero attached hydrogens (tertiary/aromatic N) is 3. The van der Waals surface area contributed by atoms with Gasteiger partial charge < -0.3 is 0 Å². The van der Waals surface area contributed by atoms with Gasteiger partial charge in [0, 0.05) is 19.3 Å². The fraction of sp³-hybridized carbons (Fsp3) is 0.438. The molecule has 1 fully saturated rings. The summed E-state index contributed by atoms with van der Waals surface area (Å²) in [5.74, 6) is -0.342. The summed E-state index contributed by atoms with van der Waals surface area (Å²) in [5.41, 5.74) is 1.15. The first-order valence-corrected chi connectivity index (χ1v) is 9.31. The number of hydrogen-bond donors (Lipinski definition) is 0. The molecule has 1 aromatic carbocycles. The normalized spacial score (nSPS) is 16.4. The first kappa shape index (κ1) is 16.1. The summed E-state index contributed by atoms with van der Waals surface area (Å²) in [6.45, 7) is 4.56. The molecule has 1 aliphatic heterocycles. The number of sulfone groups is 1. The lowest BCUT2D eigenvalue weighted by Gasteiger charge is -2.39. The van der Waals surface area contributed by atoms with Crippen molar-refractivity contribution >= 4 is 9.84 Å². The molecule has 1 aromatic heterocycles. The summed E-state index contributed by atoms with van der Waals surface area (Å²) >= 11 is 0. The molecule has 0 saturated carbocycles. The molecule has 0 atom stereocenters. The molecule has 7 heteroatoms. The molecule has 1 saturated heterocycles. The Labute approximate surface area is 135 Å². The van der Waals surface area contributed by atoms with E-state index in [0.29, 0.717) is 12.5 Å². The Morgan fingerprint density at radius 1 is 1.26 bits per heavy atom. The molecular formula is C16H20FN3O2S. The third-order valence-corrected chi connectivity index (χ3v) is 5.92. The quantitative estimate of drug-likeness (QED) is 0.757. The molecule has 2 aromatic rings. The van der Waals surface area contributed by atoms with E-state index in [-0.39, 0.29) is 10.6 Å². The second-order valence-corrected chi connectivity index (χ2v) is 8.15. The van der Waals surface area contributed by atoms with Crippen LogP contribution in [0.4, 0.5) is 4.39 Å². The third-order valence-electron chi connectivity index (χ3n) is 4.10. The van der Waals surface area contributed by atoms with Gasteiger partial charge in [-0.25, -0.2) is 12.8 Å². The summed E-state index contributed by atoms with van der Waals surface area (Å²) in [6, 6.07) is 5.39. The smallest absolute Gasteiger partial charge is 0.178 e. The maximum absolute atomic E-state index is 12.9. The average molecular weight is 337 g/mol. The standard InChI is InChI=1S/C16H20FN3O2S/c1-13-9-18-20(10-13)15-11-19(12-15)7-2-8-23(21,22)16-5-3-14(17)4-6-16/h3-6,9-10,15H,2,7-8,11-12H2,1H3. The second-order valence-electron chi connectivity index (χ2n) is 6.04. The molecule has 0 amide bonds. The van der Waals surface area contributed by atoms with Gasteiger partial charge in [0.25, 0.3) is 0 Å². The van der Waals surface area contributed by atoms with E-state index < -0.39 is 15.7 Å². The Kier molecular flexibility index (Phi) is 4.50. The highest BCUT2D eigenvalue weighted by atomic mass is 32.2. The maximum Gasteiger partial charge on any atom is 0.178 e. The van der Waals surface area contributed by atoms with Gasteiger partial charge in [0.2, 0.25) is 0 Å². The van der Waals surface area contributed by atoms with Crippen LogP contribution >= 0.6 is 0 Å². The average Bonchev–Trinajstić information content (AvgIpc) is 2.88. The Hall–Kier alpha value is -1.73. The van der Waals surface area contributed by atoms with Crippen molar-refractivity contribution in [3.63, 3.8) is 0 Å². The molecule has 5 nitrogen and oxygen atoms in total. The Balaban J connectivity index is 1.44. The first-order chi connectivity index (χ1) is 10.9. The van der Waals surface area contributed by atoms with E-state index >= 15 is 0 Å². The summed E-state index contributed by atoms with van der Waals surface area (Å²) in [6.07, 6.45) is 4.45. The minimum Gasteiger partial charge on any atom is -0.299 e. The zero-order valence-electron chi connectivity index (χ0n) is 13.0. The van der Waals surface area contributed by atoms with Crippen LogP contribution in [0, 0.1) is 12.7 Å². The lowest BCUT2D eigenvalue weighted by molar-refractivity contribution is 0.0991. The molecule has 2 heterocycles. The monoisotopic (exact) mass is 337 g/mol. The Bertz CT molecular complexity index is 765. The minimum absolute atomic E-state index is 0.0840. The molecule has 0 N–H and O–H groups in total. The Morgan fingerprint density at radius 2 is 1.96 bits per heavy atom. The van der Waals surface area contributed by atoms with Crippen LogP contribution in [0.5, 0.6) is 0 Å². The van der Waals surface area contributed by atoms with Gasteiger partial charge in [-0.15, -0.1) is 0 Å². The highest BCUT2D eigenvalue weighted by Gasteiger charge is 2.28. The predicted molar refractivity (Wildman–Crippen MR) is 85.5 cm³/mol. The van der Waals surface area contributed by atoms with E-state index in [4.69, 9.17) is 0 Å². The first-order valence-electron chi connectivity index (χ1n) is 7.65. The third kappa shape index (κ3) is 3.79. The number of likely N-dealkylation sites (tertiary alicyclic amines) is 1. The zero-order chi connectivity index (χ0) is 16.4. The van der Waals surface area contributed by atoms with Crippen molar-refractivity contribution in [3.8, 4) is 0 Å². The van der Waals surface area contributed by atoms with Gasteiger partial charge in [-0.3, -0.25) is 9.58 Å². The number of benzene rings is 1. The van der Waals surface area contributed by atoms with Gasteiger partial charge in [-0.2, -0.15) is 5.10 Å². The van der Waals surface area contributed by atoms with Gasteiger partial charge in [0.15, 0.2) is 9.84 Å². The fourth-order valence-electron chi connectivity index (χ4n) is 2.76. The van der Waals surface area contributed by atoms with Gasteiger partial charge in [-0.1, -0.05) is 0 Å². The lowest BCUT2D eigenvalue weighted by atomic mass is 10.1. The van der Waals surface area contributed by atoms with Gasteiger partial charge in [-0.05, 0) is 49.7 Å². The van der Waals surface area contributed by atoms with E-state index in [0.717, 1.165) is 25.2 Å². The summed E-state index contributed by atoms with van der Waals surface area (Å²) < 4.78 is 39.2. The zero-order valence-corrected chi connectivity index (χ0v) is 13.8. The van der Waals surface area contributed by atoms with E-state index in [1.54, 1.807) is 0 Å². The lowest BCUT2D eigenvalue weighted by Crippen LogP contribution is -2.48. The van der Waals surface area contributed by atoms with E-state index in [2.05, 4.69) is 10.00 Å². The van der Waals surface area contributed by atoms with Crippen molar-refractivity contribution in [2.45, 2.75) is 24.3 Å². The van der Waals surface area contributed by atoms with Crippen LogP contribution in [0.25, 0.3) is 0 Å². The summed E-state index contributed by atoms with van der Waals surface area (Å²) in [5, 5.41) is 4.30. The number of aryl methyl sites for hydroxylation is 1. The molecule has 0 bridgehead atoms. The molecule has 3 rings (SSSR count). The highest BCUT2D eigenvalue weighted by Crippen LogP contribution is 2.21.